The van der Waals surface area contributed by atoms with Crippen LogP contribution in [0.15, 0.2) is 0 Å². The fourth-order valence-corrected chi connectivity index (χ4v) is 1.24. The summed E-state index contributed by atoms with van der Waals surface area (Å²) in [6.07, 6.45) is 2.64. The van der Waals surface area contributed by atoms with Gasteiger partial charge in [0, 0.05) is 24.0 Å². The van der Waals surface area contributed by atoms with Gasteiger partial charge < -0.3 is 5.32 Å². The highest BCUT2D eigenvalue weighted by Gasteiger charge is 2.03. The molecule has 72 valence electrons. The third kappa shape index (κ3) is 6.98. The van der Waals surface area contributed by atoms with Gasteiger partial charge in [-0.2, -0.15) is 11.8 Å². The monoisotopic (exact) mass is 253 g/mol. The van der Waals surface area contributed by atoms with Gasteiger partial charge in [0.15, 0.2) is 0 Å². The molecular formula is C8H16BrNOS. The van der Waals surface area contributed by atoms with Gasteiger partial charge in [0.1, 0.15) is 0 Å². The zero-order valence-corrected chi connectivity index (χ0v) is 10.0. The van der Waals surface area contributed by atoms with Crippen LogP contribution in [0.2, 0.25) is 0 Å². The molecule has 2 nitrogen and oxygen atoms in total. The van der Waals surface area contributed by atoms with E-state index in [1.807, 2.05) is 6.26 Å². The Morgan fingerprint density at radius 3 is 2.83 bits per heavy atom. The third-order valence-electron chi connectivity index (χ3n) is 1.44. The molecule has 0 saturated carbocycles. The average molecular weight is 254 g/mol. The lowest BCUT2D eigenvalue weighted by molar-refractivity contribution is -0.120. The molecule has 1 atom stereocenters. The molecule has 0 aliphatic heterocycles. The van der Waals surface area contributed by atoms with Crippen molar-refractivity contribution >= 4 is 33.6 Å². The largest absolute Gasteiger partial charge is 0.356 e. The second kappa shape index (κ2) is 7.92. The number of thioether (sulfide) groups is 1. The lowest BCUT2D eigenvalue weighted by Gasteiger charge is -2.08. The average Bonchev–Trinajstić information content (AvgIpc) is 2.10. The number of halogens is 1. The number of rotatable bonds is 6. The summed E-state index contributed by atoms with van der Waals surface area (Å²) < 4.78 is 0. The summed E-state index contributed by atoms with van der Waals surface area (Å²) in [5.41, 5.74) is 0. The molecule has 4 heteroatoms. The van der Waals surface area contributed by atoms with Crippen LogP contribution in [0, 0.1) is 5.92 Å². The number of hydrogen-bond acceptors (Lipinski definition) is 2. The normalized spacial score (nSPS) is 12.6. The molecule has 0 aromatic carbocycles. The number of nitrogens with one attached hydrogen (secondary N) is 1. The predicted molar refractivity (Wildman–Crippen MR) is 59.0 cm³/mol. The van der Waals surface area contributed by atoms with Crippen LogP contribution in [0.1, 0.15) is 13.3 Å². The predicted octanol–water partition coefficient (Wildman–Crippen LogP) is 1.89. The molecule has 1 N–H and O–H groups in total. The van der Waals surface area contributed by atoms with E-state index in [9.17, 15) is 4.79 Å². The van der Waals surface area contributed by atoms with Gasteiger partial charge in [-0.3, -0.25) is 4.79 Å². The molecule has 1 unspecified atom stereocenters. The summed E-state index contributed by atoms with van der Waals surface area (Å²) in [5.74, 6) is 1.59. The second-order valence-corrected chi connectivity index (χ2v) is 4.44. The summed E-state index contributed by atoms with van der Waals surface area (Å²) in [6, 6.07) is 0. The maximum atomic E-state index is 11.1. The zero-order valence-electron chi connectivity index (χ0n) is 7.60. The van der Waals surface area contributed by atoms with Gasteiger partial charge in [-0.25, -0.2) is 0 Å². The van der Waals surface area contributed by atoms with Crippen LogP contribution >= 0.6 is 27.7 Å². The molecule has 0 saturated heterocycles. The Balaban J connectivity index is 3.31. The SMILES string of the molecule is CSCCC(=O)NCC(C)CBr. The van der Waals surface area contributed by atoms with E-state index in [1.54, 1.807) is 11.8 Å². The zero-order chi connectivity index (χ0) is 9.40. The van der Waals surface area contributed by atoms with Gasteiger partial charge in [-0.05, 0) is 12.2 Å². The minimum Gasteiger partial charge on any atom is -0.356 e. The Morgan fingerprint density at radius 2 is 2.33 bits per heavy atom. The van der Waals surface area contributed by atoms with Gasteiger partial charge in [-0.1, -0.05) is 22.9 Å². The van der Waals surface area contributed by atoms with Crippen molar-refractivity contribution < 1.29 is 4.79 Å². The van der Waals surface area contributed by atoms with E-state index in [0.717, 1.165) is 17.6 Å². The van der Waals surface area contributed by atoms with Crippen molar-refractivity contribution in [3.05, 3.63) is 0 Å². The van der Waals surface area contributed by atoms with Crippen molar-refractivity contribution in [3.8, 4) is 0 Å². The Hall–Kier alpha value is 0.300. The van der Waals surface area contributed by atoms with Crippen LogP contribution < -0.4 is 5.32 Å². The van der Waals surface area contributed by atoms with E-state index >= 15 is 0 Å². The molecule has 0 aliphatic carbocycles. The molecule has 0 spiro atoms. The summed E-state index contributed by atoms with van der Waals surface area (Å²) in [6.45, 7) is 2.88. The molecule has 0 fully saturated rings. The molecule has 0 rings (SSSR count). The summed E-state index contributed by atoms with van der Waals surface area (Å²) in [5, 5.41) is 3.83. The highest BCUT2D eigenvalue weighted by molar-refractivity contribution is 9.09. The van der Waals surface area contributed by atoms with E-state index in [-0.39, 0.29) is 5.91 Å². The molecule has 0 aromatic heterocycles. The quantitative estimate of drug-likeness (QED) is 0.733. The van der Waals surface area contributed by atoms with E-state index in [0.29, 0.717) is 12.3 Å². The molecule has 0 radical (unpaired) electrons. The van der Waals surface area contributed by atoms with Crippen molar-refractivity contribution in [1.82, 2.24) is 5.32 Å². The molecule has 0 aliphatic rings. The third-order valence-corrected chi connectivity index (χ3v) is 3.16. The first-order valence-corrected chi connectivity index (χ1v) is 6.53. The molecule has 12 heavy (non-hydrogen) atoms. The van der Waals surface area contributed by atoms with Crippen molar-refractivity contribution in [1.29, 1.82) is 0 Å². The number of carbonyl (C=O) groups excluding carboxylic acids is 1. The van der Waals surface area contributed by atoms with Crippen molar-refractivity contribution in [2.75, 3.05) is 23.9 Å². The molecule has 0 heterocycles. The van der Waals surface area contributed by atoms with E-state index in [1.165, 1.54) is 0 Å². The fraction of sp³-hybridized carbons (Fsp3) is 0.875. The van der Waals surface area contributed by atoms with Crippen LogP contribution in [0.25, 0.3) is 0 Å². The van der Waals surface area contributed by atoms with Crippen LogP contribution in [0.4, 0.5) is 0 Å². The smallest absolute Gasteiger partial charge is 0.220 e. The Bertz CT molecular complexity index is 132. The molecule has 1 amide bonds. The highest BCUT2D eigenvalue weighted by atomic mass is 79.9. The topological polar surface area (TPSA) is 29.1 Å². The van der Waals surface area contributed by atoms with E-state index in [2.05, 4.69) is 28.2 Å². The Kier molecular flexibility index (Phi) is 8.12. The van der Waals surface area contributed by atoms with Gasteiger partial charge in [-0.15, -0.1) is 0 Å². The van der Waals surface area contributed by atoms with E-state index < -0.39 is 0 Å². The highest BCUT2D eigenvalue weighted by Crippen LogP contribution is 1.98. The lowest BCUT2D eigenvalue weighted by Crippen LogP contribution is -2.28. The first-order chi connectivity index (χ1) is 5.70. The van der Waals surface area contributed by atoms with E-state index in [4.69, 9.17) is 0 Å². The fourth-order valence-electron chi connectivity index (χ4n) is 0.626. The first kappa shape index (κ1) is 12.3. The van der Waals surface area contributed by atoms with Crippen molar-refractivity contribution in [3.63, 3.8) is 0 Å². The number of hydrogen-bond donors (Lipinski definition) is 1. The maximum absolute atomic E-state index is 11.1. The van der Waals surface area contributed by atoms with Crippen molar-refractivity contribution in [2.24, 2.45) is 5.92 Å². The standard InChI is InChI=1S/C8H16BrNOS/c1-7(5-9)6-10-8(11)3-4-12-2/h7H,3-6H2,1-2H3,(H,10,11). The summed E-state index contributed by atoms with van der Waals surface area (Å²) in [7, 11) is 0. The maximum Gasteiger partial charge on any atom is 0.220 e. The Labute approximate surface area is 87.0 Å². The number of carbonyl (C=O) groups is 1. The number of alkyl halides is 1. The summed E-state index contributed by atoms with van der Waals surface area (Å²) >= 11 is 5.06. The molecule has 0 bridgehead atoms. The summed E-state index contributed by atoms with van der Waals surface area (Å²) in [4.78, 5) is 11.1. The molecule has 0 aromatic rings. The van der Waals surface area contributed by atoms with Crippen LogP contribution in [0.3, 0.4) is 0 Å². The minimum absolute atomic E-state index is 0.164. The van der Waals surface area contributed by atoms with Crippen LogP contribution in [-0.2, 0) is 4.79 Å². The van der Waals surface area contributed by atoms with Crippen molar-refractivity contribution in [2.45, 2.75) is 13.3 Å². The first-order valence-electron chi connectivity index (χ1n) is 4.02. The van der Waals surface area contributed by atoms with Gasteiger partial charge in [0.05, 0.1) is 0 Å². The van der Waals surface area contributed by atoms with Gasteiger partial charge in [0.25, 0.3) is 0 Å². The minimum atomic E-state index is 0.164. The Morgan fingerprint density at radius 1 is 1.67 bits per heavy atom. The second-order valence-electron chi connectivity index (χ2n) is 2.81. The van der Waals surface area contributed by atoms with Gasteiger partial charge >= 0.3 is 0 Å². The lowest BCUT2D eigenvalue weighted by atomic mass is 10.2. The van der Waals surface area contributed by atoms with Crippen LogP contribution in [0.5, 0.6) is 0 Å². The molecular weight excluding hydrogens is 238 g/mol. The van der Waals surface area contributed by atoms with Gasteiger partial charge in [0.2, 0.25) is 5.91 Å². The number of amides is 1. The van der Waals surface area contributed by atoms with Crippen LogP contribution in [-0.4, -0.2) is 29.8 Å².